The van der Waals surface area contributed by atoms with E-state index >= 15 is 0 Å². The van der Waals surface area contributed by atoms with Gasteiger partial charge in [-0.3, -0.25) is 4.90 Å². The highest BCUT2D eigenvalue weighted by Gasteiger charge is 2.52. The van der Waals surface area contributed by atoms with Crippen molar-refractivity contribution >= 4 is 0 Å². The van der Waals surface area contributed by atoms with Crippen molar-refractivity contribution in [3.05, 3.63) is 24.2 Å². The Morgan fingerprint density at radius 3 is 2.87 bits per heavy atom. The van der Waals surface area contributed by atoms with Gasteiger partial charge < -0.3 is 29.2 Å². The minimum Gasteiger partial charge on any atom is -0.468 e. The van der Waals surface area contributed by atoms with Crippen LogP contribution in [0.5, 0.6) is 0 Å². The highest BCUT2D eigenvalue weighted by atomic mass is 16.7. The molecule has 3 aliphatic rings. The molecule has 3 fully saturated rings. The number of aliphatic hydroxyl groups is 1. The first-order valence-corrected chi connectivity index (χ1v) is 8.36. The van der Waals surface area contributed by atoms with Gasteiger partial charge in [0.1, 0.15) is 11.9 Å². The van der Waals surface area contributed by atoms with Crippen molar-refractivity contribution in [1.29, 1.82) is 0 Å². The van der Waals surface area contributed by atoms with Crippen LogP contribution < -0.4 is 5.32 Å². The van der Waals surface area contributed by atoms with E-state index in [0.29, 0.717) is 13.2 Å². The van der Waals surface area contributed by atoms with Gasteiger partial charge in [-0.2, -0.15) is 0 Å². The molecule has 2 N–H and O–H groups in total. The molecule has 23 heavy (non-hydrogen) atoms. The van der Waals surface area contributed by atoms with E-state index in [1.807, 2.05) is 12.1 Å². The molecular formula is C16H25N3O4. The molecular weight excluding hydrogens is 298 g/mol. The molecule has 3 aliphatic heterocycles. The maximum absolute atomic E-state index is 10.9. The molecule has 0 spiro atoms. The summed E-state index contributed by atoms with van der Waals surface area (Å²) in [6.45, 7) is 4.97. The van der Waals surface area contributed by atoms with Crippen molar-refractivity contribution in [2.24, 2.45) is 0 Å². The molecule has 2 bridgehead atoms. The molecule has 1 aromatic heterocycles. The molecule has 0 aliphatic carbocycles. The van der Waals surface area contributed by atoms with Gasteiger partial charge in [0.15, 0.2) is 6.29 Å². The third-order valence-electron chi connectivity index (χ3n) is 5.18. The Bertz CT molecular complexity index is 503. The predicted octanol–water partition coefficient (Wildman–Crippen LogP) is -0.530. The number of hydrogen-bond donors (Lipinski definition) is 2. The molecule has 1 aromatic rings. The Morgan fingerprint density at radius 1 is 1.30 bits per heavy atom. The maximum Gasteiger partial charge on any atom is 0.176 e. The topological polar surface area (TPSA) is 70.3 Å². The maximum atomic E-state index is 10.9. The fraction of sp³-hybridized carbons (Fsp3) is 0.750. The molecule has 7 heteroatoms. The lowest BCUT2D eigenvalue weighted by Crippen LogP contribution is -2.66. The Morgan fingerprint density at radius 2 is 2.13 bits per heavy atom. The first-order chi connectivity index (χ1) is 11.2. The number of aliphatic hydroxyl groups excluding tert-OH is 1. The van der Waals surface area contributed by atoms with E-state index in [1.165, 1.54) is 0 Å². The van der Waals surface area contributed by atoms with Gasteiger partial charge in [0.25, 0.3) is 0 Å². The first kappa shape index (κ1) is 15.6. The molecule has 5 atom stereocenters. The smallest absolute Gasteiger partial charge is 0.176 e. The molecule has 4 rings (SSSR count). The van der Waals surface area contributed by atoms with E-state index in [0.717, 1.165) is 31.9 Å². The molecule has 0 amide bonds. The van der Waals surface area contributed by atoms with Crippen LogP contribution in [-0.4, -0.2) is 85.3 Å². The Labute approximate surface area is 136 Å². The Kier molecular flexibility index (Phi) is 4.40. The average Bonchev–Trinajstić information content (AvgIpc) is 3.20. The number of likely N-dealkylation sites (N-methyl/N-ethyl adjacent to an activating group) is 1. The van der Waals surface area contributed by atoms with Crippen LogP contribution in [-0.2, 0) is 16.0 Å². The number of fused-ring (bicyclic) bond motifs is 2. The van der Waals surface area contributed by atoms with E-state index < -0.39 is 6.10 Å². The van der Waals surface area contributed by atoms with Crippen LogP contribution in [0.4, 0.5) is 0 Å². The number of hydrogen-bond acceptors (Lipinski definition) is 7. The van der Waals surface area contributed by atoms with Gasteiger partial charge in [-0.05, 0) is 19.2 Å². The molecule has 7 nitrogen and oxygen atoms in total. The molecule has 4 heterocycles. The third kappa shape index (κ3) is 3.05. The SMILES string of the molecule is CN1CCN([C@@H]2[C@@H]3OC[C@H](O3)[C@@H](NCc3ccco3)[C@@H]2O)CC1. The fourth-order valence-electron chi connectivity index (χ4n) is 3.79. The summed E-state index contributed by atoms with van der Waals surface area (Å²) in [7, 11) is 2.13. The fourth-order valence-corrected chi connectivity index (χ4v) is 3.79. The first-order valence-electron chi connectivity index (χ1n) is 8.36. The Hall–Kier alpha value is -0.960. The van der Waals surface area contributed by atoms with E-state index in [1.54, 1.807) is 6.26 Å². The van der Waals surface area contributed by atoms with Crippen molar-refractivity contribution < 1.29 is 19.0 Å². The van der Waals surface area contributed by atoms with Crippen LogP contribution in [0.25, 0.3) is 0 Å². The number of nitrogens with zero attached hydrogens (tertiary/aromatic N) is 2. The lowest BCUT2D eigenvalue weighted by molar-refractivity contribution is -0.186. The number of rotatable bonds is 4. The van der Waals surface area contributed by atoms with E-state index in [2.05, 4.69) is 22.2 Å². The number of ether oxygens (including phenoxy) is 2. The molecule has 3 saturated heterocycles. The van der Waals surface area contributed by atoms with Gasteiger partial charge in [0.05, 0.1) is 37.6 Å². The second kappa shape index (κ2) is 6.51. The van der Waals surface area contributed by atoms with Gasteiger partial charge in [0, 0.05) is 26.2 Å². The standard InChI is InChI=1S/C16H25N3O4/c1-18-4-6-19(7-5-18)14-15(20)13(12-10-22-16(14)23-12)17-9-11-3-2-8-21-11/h2-3,8,12-17,20H,4-7,9-10H2,1H3/t12-,13+,14-,15-,16+/m0/s1. The van der Waals surface area contributed by atoms with Gasteiger partial charge in [0.2, 0.25) is 0 Å². The van der Waals surface area contributed by atoms with E-state index in [4.69, 9.17) is 13.9 Å². The van der Waals surface area contributed by atoms with Gasteiger partial charge in [-0.1, -0.05) is 0 Å². The second-order valence-electron chi connectivity index (χ2n) is 6.68. The van der Waals surface area contributed by atoms with Crippen LogP contribution in [0.3, 0.4) is 0 Å². The summed E-state index contributed by atoms with van der Waals surface area (Å²) in [6, 6.07) is 3.53. The normalized spacial score (nSPS) is 39.0. The van der Waals surface area contributed by atoms with E-state index in [-0.39, 0.29) is 24.5 Å². The highest BCUT2D eigenvalue weighted by molar-refractivity contribution is 5.04. The summed E-state index contributed by atoms with van der Waals surface area (Å²) in [4.78, 5) is 4.61. The average molecular weight is 323 g/mol. The summed E-state index contributed by atoms with van der Waals surface area (Å²) in [5, 5.41) is 14.3. The largest absolute Gasteiger partial charge is 0.468 e. The van der Waals surface area contributed by atoms with Crippen molar-refractivity contribution in [3.8, 4) is 0 Å². The molecule has 128 valence electrons. The number of nitrogens with one attached hydrogen (secondary N) is 1. The highest BCUT2D eigenvalue weighted by Crippen LogP contribution is 2.32. The van der Waals surface area contributed by atoms with Gasteiger partial charge in [-0.15, -0.1) is 0 Å². The zero-order valence-electron chi connectivity index (χ0n) is 13.4. The molecule has 0 saturated carbocycles. The predicted molar refractivity (Wildman–Crippen MR) is 82.8 cm³/mol. The number of piperazine rings is 1. The van der Waals surface area contributed by atoms with Crippen molar-refractivity contribution in [1.82, 2.24) is 15.1 Å². The lowest BCUT2D eigenvalue weighted by Gasteiger charge is -2.46. The minimum atomic E-state index is -0.514. The zero-order chi connectivity index (χ0) is 15.8. The summed E-state index contributed by atoms with van der Waals surface area (Å²) < 4.78 is 17.2. The molecule has 0 unspecified atom stereocenters. The van der Waals surface area contributed by atoms with Crippen molar-refractivity contribution in [3.63, 3.8) is 0 Å². The second-order valence-corrected chi connectivity index (χ2v) is 6.68. The minimum absolute atomic E-state index is 0.103. The zero-order valence-corrected chi connectivity index (χ0v) is 13.4. The quantitative estimate of drug-likeness (QED) is 0.772. The number of furan rings is 1. The lowest BCUT2D eigenvalue weighted by atomic mass is 9.94. The summed E-state index contributed by atoms with van der Waals surface area (Å²) in [6.07, 6.45) is 0.723. The van der Waals surface area contributed by atoms with Crippen LogP contribution in [0.1, 0.15) is 5.76 Å². The summed E-state index contributed by atoms with van der Waals surface area (Å²) >= 11 is 0. The van der Waals surface area contributed by atoms with Crippen LogP contribution in [0, 0.1) is 0 Å². The van der Waals surface area contributed by atoms with Gasteiger partial charge >= 0.3 is 0 Å². The van der Waals surface area contributed by atoms with Crippen LogP contribution >= 0.6 is 0 Å². The van der Waals surface area contributed by atoms with E-state index in [9.17, 15) is 5.11 Å². The van der Waals surface area contributed by atoms with Crippen LogP contribution in [0.2, 0.25) is 0 Å². The monoisotopic (exact) mass is 323 g/mol. The molecule has 0 radical (unpaired) electrons. The van der Waals surface area contributed by atoms with Crippen molar-refractivity contribution in [2.45, 2.75) is 37.1 Å². The Balaban J connectivity index is 1.45. The van der Waals surface area contributed by atoms with Gasteiger partial charge in [-0.25, -0.2) is 0 Å². The summed E-state index contributed by atoms with van der Waals surface area (Å²) in [5.41, 5.74) is 0. The third-order valence-corrected chi connectivity index (χ3v) is 5.18. The summed E-state index contributed by atoms with van der Waals surface area (Å²) in [5.74, 6) is 0.856. The van der Waals surface area contributed by atoms with Crippen LogP contribution in [0.15, 0.2) is 22.8 Å². The van der Waals surface area contributed by atoms with Crippen molar-refractivity contribution in [2.75, 3.05) is 39.8 Å². The molecule has 0 aromatic carbocycles.